The van der Waals surface area contributed by atoms with E-state index in [4.69, 9.17) is 18.9 Å². The molecule has 0 fully saturated rings. The number of benzene rings is 3. The predicted molar refractivity (Wildman–Crippen MR) is 116 cm³/mol. The van der Waals surface area contributed by atoms with Crippen LogP contribution in [0.15, 0.2) is 54.6 Å². The number of phenols is 1. The van der Waals surface area contributed by atoms with Gasteiger partial charge >= 0.3 is 0 Å². The Labute approximate surface area is 181 Å². The van der Waals surface area contributed by atoms with Gasteiger partial charge in [0.1, 0.15) is 5.75 Å². The number of fused-ring (bicyclic) bond motifs is 2. The molecule has 1 atom stereocenters. The summed E-state index contributed by atoms with van der Waals surface area (Å²) >= 11 is 0. The molecule has 6 nitrogen and oxygen atoms in total. The quantitative estimate of drug-likeness (QED) is 0.666. The first kappa shape index (κ1) is 19.6. The van der Waals surface area contributed by atoms with Crippen molar-refractivity contribution in [2.24, 2.45) is 0 Å². The number of hydrogen-bond acceptors (Lipinski definition) is 6. The lowest BCUT2D eigenvalue weighted by Crippen LogP contribution is -2.35. The van der Waals surface area contributed by atoms with Crippen LogP contribution >= 0.6 is 0 Å². The summed E-state index contributed by atoms with van der Waals surface area (Å²) in [6, 6.07) is 18.1. The van der Waals surface area contributed by atoms with Gasteiger partial charge in [-0.3, -0.25) is 4.90 Å². The molecule has 2 aliphatic rings. The fourth-order valence-electron chi connectivity index (χ4n) is 4.51. The second-order valence-corrected chi connectivity index (χ2v) is 7.77. The SMILES string of the molecule is COc1cc2c(cc1OC)[C@H](c1ccccc1)N(Cc1cc3c(cc1O)OCO3)CC2. The highest BCUT2D eigenvalue weighted by Crippen LogP contribution is 2.43. The molecule has 0 amide bonds. The number of nitrogens with zero attached hydrogens (tertiary/aromatic N) is 1. The van der Waals surface area contributed by atoms with Gasteiger partial charge in [-0.25, -0.2) is 0 Å². The summed E-state index contributed by atoms with van der Waals surface area (Å²) in [5.41, 5.74) is 4.44. The van der Waals surface area contributed by atoms with E-state index in [0.29, 0.717) is 18.0 Å². The van der Waals surface area contributed by atoms with Crippen LogP contribution in [0, 0.1) is 0 Å². The minimum absolute atomic E-state index is 0.0228. The number of ether oxygens (including phenoxy) is 4. The van der Waals surface area contributed by atoms with E-state index in [1.807, 2.05) is 12.1 Å². The molecule has 31 heavy (non-hydrogen) atoms. The van der Waals surface area contributed by atoms with Gasteiger partial charge < -0.3 is 24.1 Å². The number of methoxy groups -OCH3 is 2. The van der Waals surface area contributed by atoms with Crippen molar-refractivity contribution < 1.29 is 24.1 Å². The Morgan fingerprint density at radius 1 is 0.968 bits per heavy atom. The summed E-state index contributed by atoms with van der Waals surface area (Å²) in [7, 11) is 3.32. The van der Waals surface area contributed by atoms with E-state index in [2.05, 4.69) is 41.3 Å². The molecular formula is C25H25NO5. The summed E-state index contributed by atoms with van der Waals surface area (Å²) in [4.78, 5) is 2.38. The van der Waals surface area contributed by atoms with E-state index in [1.165, 1.54) is 16.7 Å². The molecule has 1 N–H and O–H groups in total. The molecule has 0 aromatic heterocycles. The highest BCUT2D eigenvalue weighted by Gasteiger charge is 2.31. The molecule has 0 saturated heterocycles. The van der Waals surface area contributed by atoms with Crippen molar-refractivity contribution in [1.82, 2.24) is 4.90 Å². The Morgan fingerprint density at radius 3 is 2.42 bits per heavy atom. The van der Waals surface area contributed by atoms with Crippen LogP contribution in [-0.2, 0) is 13.0 Å². The van der Waals surface area contributed by atoms with Crippen molar-refractivity contribution >= 4 is 0 Å². The van der Waals surface area contributed by atoms with E-state index in [9.17, 15) is 5.11 Å². The third-order valence-electron chi connectivity index (χ3n) is 6.04. The van der Waals surface area contributed by atoms with Crippen LogP contribution in [0.4, 0.5) is 0 Å². The number of aromatic hydroxyl groups is 1. The summed E-state index contributed by atoms with van der Waals surface area (Å²) in [5, 5.41) is 10.6. The van der Waals surface area contributed by atoms with Crippen LogP contribution in [0.3, 0.4) is 0 Å². The Morgan fingerprint density at radius 2 is 1.68 bits per heavy atom. The van der Waals surface area contributed by atoms with E-state index < -0.39 is 0 Å². The first-order valence-electron chi connectivity index (χ1n) is 10.3. The van der Waals surface area contributed by atoms with Gasteiger partial charge in [-0.1, -0.05) is 30.3 Å². The summed E-state index contributed by atoms with van der Waals surface area (Å²) in [6.07, 6.45) is 0.879. The predicted octanol–water partition coefficient (Wildman–Crippen LogP) is 4.29. The second-order valence-electron chi connectivity index (χ2n) is 7.77. The summed E-state index contributed by atoms with van der Waals surface area (Å²) < 4.78 is 22.0. The third kappa shape index (κ3) is 3.53. The van der Waals surface area contributed by atoms with Gasteiger partial charge in [0.25, 0.3) is 0 Å². The highest BCUT2D eigenvalue weighted by atomic mass is 16.7. The number of rotatable bonds is 5. The molecule has 160 valence electrons. The summed E-state index contributed by atoms with van der Waals surface area (Å²) in [5.74, 6) is 2.94. The van der Waals surface area contributed by atoms with Crippen molar-refractivity contribution in [3.05, 3.63) is 76.9 Å². The van der Waals surface area contributed by atoms with Gasteiger partial charge in [0.15, 0.2) is 23.0 Å². The van der Waals surface area contributed by atoms with Gasteiger partial charge in [0, 0.05) is 24.7 Å². The van der Waals surface area contributed by atoms with Crippen molar-refractivity contribution in [2.45, 2.75) is 19.0 Å². The molecule has 6 heteroatoms. The lowest BCUT2D eigenvalue weighted by Gasteiger charge is -2.38. The molecule has 0 radical (unpaired) electrons. The molecule has 3 aromatic carbocycles. The van der Waals surface area contributed by atoms with Crippen molar-refractivity contribution in [1.29, 1.82) is 0 Å². The van der Waals surface area contributed by atoms with E-state index in [-0.39, 0.29) is 18.6 Å². The first-order valence-corrected chi connectivity index (χ1v) is 10.3. The highest BCUT2D eigenvalue weighted by molar-refractivity contribution is 5.53. The molecule has 2 aliphatic heterocycles. The standard InChI is InChI=1S/C25H25NO5/c1-28-21-10-17-8-9-26(14-18-11-23-24(13-20(18)27)31-15-30-23)25(16-6-4-3-5-7-16)19(17)12-22(21)29-2/h3-7,10-13,25,27H,8-9,14-15H2,1-2H3/t25-/m0/s1. The zero-order valence-electron chi connectivity index (χ0n) is 17.6. The van der Waals surface area contributed by atoms with Gasteiger partial charge in [-0.05, 0) is 41.3 Å². The molecular weight excluding hydrogens is 394 g/mol. The normalized spacial score (nSPS) is 17.3. The Hall–Kier alpha value is -3.38. The molecule has 0 unspecified atom stereocenters. The van der Waals surface area contributed by atoms with Gasteiger partial charge in [0.2, 0.25) is 6.79 Å². The Bertz CT molecular complexity index is 1100. The van der Waals surface area contributed by atoms with Crippen molar-refractivity contribution in [3.8, 4) is 28.7 Å². The monoisotopic (exact) mass is 419 g/mol. The van der Waals surface area contributed by atoms with Crippen LogP contribution < -0.4 is 18.9 Å². The van der Waals surface area contributed by atoms with E-state index in [0.717, 1.165) is 30.0 Å². The van der Waals surface area contributed by atoms with Crippen molar-refractivity contribution in [2.75, 3.05) is 27.6 Å². The van der Waals surface area contributed by atoms with E-state index >= 15 is 0 Å². The first-order chi connectivity index (χ1) is 15.2. The summed E-state index contributed by atoms with van der Waals surface area (Å²) in [6.45, 7) is 1.61. The van der Waals surface area contributed by atoms with Crippen LogP contribution in [0.5, 0.6) is 28.7 Å². The van der Waals surface area contributed by atoms with Crippen LogP contribution in [0.1, 0.15) is 28.3 Å². The Balaban J connectivity index is 1.57. The zero-order valence-corrected chi connectivity index (χ0v) is 17.6. The maximum absolute atomic E-state index is 10.6. The minimum atomic E-state index is 0.0228. The zero-order chi connectivity index (χ0) is 21.4. The topological polar surface area (TPSA) is 60.4 Å². The average Bonchev–Trinajstić information content (AvgIpc) is 3.25. The van der Waals surface area contributed by atoms with Crippen LogP contribution in [0.2, 0.25) is 0 Å². The minimum Gasteiger partial charge on any atom is -0.507 e. The second kappa shape index (κ2) is 8.04. The van der Waals surface area contributed by atoms with Crippen LogP contribution in [0.25, 0.3) is 0 Å². The fraction of sp³-hybridized carbons (Fsp3) is 0.280. The molecule has 0 aliphatic carbocycles. The maximum atomic E-state index is 10.6. The van der Waals surface area contributed by atoms with Crippen LogP contribution in [-0.4, -0.2) is 37.6 Å². The van der Waals surface area contributed by atoms with Gasteiger partial charge in [-0.2, -0.15) is 0 Å². The van der Waals surface area contributed by atoms with Crippen molar-refractivity contribution in [3.63, 3.8) is 0 Å². The molecule has 5 rings (SSSR count). The van der Waals surface area contributed by atoms with Gasteiger partial charge in [0.05, 0.1) is 20.3 Å². The largest absolute Gasteiger partial charge is 0.507 e. The molecule has 3 aromatic rings. The van der Waals surface area contributed by atoms with E-state index in [1.54, 1.807) is 20.3 Å². The Kier molecular flexibility index (Phi) is 5.08. The number of phenolic OH excluding ortho intramolecular Hbond substituents is 1. The lowest BCUT2D eigenvalue weighted by molar-refractivity contribution is 0.173. The average molecular weight is 419 g/mol. The molecule has 0 spiro atoms. The third-order valence-corrected chi connectivity index (χ3v) is 6.04. The molecule has 0 saturated carbocycles. The molecule has 2 heterocycles. The maximum Gasteiger partial charge on any atom is 0.231 e. The lowest BCUT2D eigenvalue weighted by atomic mass is 9.87. The fourth-order valence-corrected chi connectivity index (χ4v) is 4.51. The number of hydrogen-bond donors (Lipinski definition) is 1. The molecule has 0 bridgehead atoms. The van der Waals surface area contributed by atoms with Gasteiger partial charge in [-0.15, -0.1) is 0 Å². The smallest absolute Gasteiger partial charge is 0.231 e.